The van der Waals surface area contributed by atoms with Crippen LogP contribution in [0.3, 0.4) is 0 Å². The van der Waals surface area contributed by atoms with E-state index in [0.29, 0.717) is 48.4 Å². The van der Waals surface area contributed by atoms with Crippen LogP contribution in [0.25, 0.3) is 10.8 Å². The van der Waals surface area contributed by atoms with Crippen LogP contribution in [0.2, 0.25) is 0 Å². The third kappa shape index (κ3) is 6.96. The average Bonchev–Trinajstić information content (AvgIpc) is 2.96. The second kappa shape index (κ2) is 12.1. The number of amides is 1. The number of hydrogen-bond acceptors (Lipinski definition) is 6. The van der Waals surface area contributed by atoms with E-state index in [1.165, 1.54) is 42.5 Å². The van der Waals surface area contributed by atoms with Crippen LogP contribution in [0, 0.1) is 23.1 Å². The summed E-state index contributed by atoms with van der Waals surface area (Å²) in [5, 5.41) is 14.0. The summed E-state index contributed by atoms with van der Waals surface area (Å²) in [6, 6.07) is 9.87. The van der Waals surface area contributed by atoms with Crippen molar-refractivity contribution in [3.05, 3.63) is 77.1 Å². The zero-order valence-electron chi connectivity index (χ0n) is 25.6. The molecule has 2 unspecified atom stereocenters. The van der Waals surface area contributed by atoms with Crippen molar-refractivity contribution >= 4 is 32.5 Å². The van der Waals surface area contributed by atoms with Crippen LogP contribution in [0.15, 0.2) is 54.6 Å². The number of alkyl halides is 3. The number of rotatable bonds is 11. The Morgan fingerprint density at radius 1 is 1.02 bits per heavy atom. The zero-order valence-corrected chi connectivity index (χ0v) is 26.4. The van der Waals surface area contributed by atoms with Gasteiger partial charge in [0.25, 0.3) is 5.91 Å². The highest BCUT2D eigenvalue weighted by Crippen LogP contribution is 2.64. The van der Waals surface area contributed by atoms with Crippen LogP contribution in [0.4, 0.5) is 17.6 Å². The van der Waals surface area contributed by atoms with Gasteiger partial charge in [0.05, 0.1) is 29.1 Å². The third-order valence-corrected chi connectivity index (χ3v) is 10.8. The van der Waals surface area contributed by atoms with Gasteiger partial charge in [-0.25, -0.2) is 17.6 Å². The normalized spacial score (nSPS) is 25.9. The van der Waals surface area contributed by atoms with Crippen molar-refractivity contribution < 1.29 is 50.1 Å². The number of carbonyl (C=O) groups is 2. The lowest BCUT2D eigenvalue weighted by Gasteiger charge is -2.63. The Bertz CT molecular complexity index is 1800. The van der Waals surface area contributed by atoms with Crippen LogP contribution in [0.5, 0.6) is 5.75 Å². The second-order valence-electron chi connectivity index (χ2n) is 13.5. The van der Waals surface area contributed by atoms with E-state index in [0.717, 1.165) is 24.8 Å². The van der Waals surface area contributed by atoms with E-state index in [9.17, 15) is 40.7 Å². The van der Waals surface area contributed by atoms with E-state index >= 15 is 0 Å². The molecule has 4 aliphatic carbocycles. The maximum Gasteiger partial charge on any atom is 0.416 e. The first-order valence-corrected chi connectivity index (χ1v) is 17.5. The van der Waals surface area contributed by atoms with Crippen molar-refractivity contribution in [3.63, 3.8) is 0 Å². The first-order chi connectivity index (χ1) is 22.0. The number of carbonyl (C=O) groups excluding carboxylic acids is 1. The van der Waals surface area contributed by atoms with E-state index < -0.39 is 56.3 Å². The number of carboxylic acid groups (broad SMARTS) is 1. The predicted octanol–water partition coefficient (Wildman–Crippen LogP) is 6.16. The van der Waals surface area contributed by atoms with E-state index in [1.807, 2.05) is 0 Å². The van der Waals surface area contributed by atoms with Crippen molar-refractivity contribution in [1.82, 2.24) is 5.32 Å². The van der Waals surface area contributed by atoms with Gasteiger partial charge >= 0.3 is 12.1 Å². The van der Waals surface area contributed by atoms with Gasteiger partial charge in [-0.15, -0.1) is 0 Å². The number of aliphatic carboxylic acids is 1. The topological polar surface area (TPSA) is 119 Å². The predicted molar refractivity (Wildman–Crippen MR) is 164 cm³/mol. The molecule has 47 heavy (non-hydrogen) atoms. The minimum absolute atomic E-state index is 0.00823. The minimum atomic E-state index is -4.51. The fourth-order valence-corrected chi connectivity index (χ4v) is 8.79. The molecule has 0 heterocycles. The van der Waals surface area contributed by atoms with Gasteiger partial charge in [-0.3, -0.25) is 4.79 Å². The summed E-state index contributed by atoms with van der Waals surface area (Å²) in [5.41, 5.74) is -1.93. The molecule has 1 amide bonds. The first kappa shape index (κ1) is 33.2. The summed E-state index contributed by atoms with van der Waals surface area (Å²) < 4.78 is 89.0. The summed E-state index contributed by atoms with van der Waals surface area (Å²) in [6.45, 7) is -0.201. The van der Waals surface area contributed by atoms with Crippen molar-refractivity contribution in [2.75, 3.05) is 18.6 Å². The van der Waals surface area contributed by atoms with E-state index in [1.54, 1.807) is 0 Å². The SMILES string of the molecule is CS(=O)(=O)CCOC12CC3CC(C1)CC([C@H](NC(=O)c1ccc4cc(F)ccc4c1OCc1ccc(C(F)(F)F)cc1)C(=O)O)(C3)C2. The molecule has 4 fully saturated rings. The van der Waals surface area contributed by atoms with Crippen LogP contribution in [0.1, 0.15) is 60.0 Å². The first-order valence-electron chi connectivity index (χ1n) is 15.4. The van der Waals surface area contributed by atoms with Crippen LogP contribution in [-0.2, 0) is 32.2 Å². The molecule has 8 nitrogen and oxygen atoms in total. The lowest BCUT2D eigenvalue weighted by Crippen LogP contribution is -2.65. The largest absolute Gasteiger partial charge is 0.487 e. The smallest absolute Gasteiger partial charge is 0.416 e. The molecule has 2 N–H and O–H groups in total. The molecule has 3 atom stereocenters. The number of hydrogen-bond donors (Lipinski definition) is 2. The van der Waals surface area contributed by atoms with E-state index in [2.05, 4.69) is 5.32 Å². The van der Waals surface area contributed by atoms with Crippen molar-refractivity contribution in [3.8, 4) is 5.75 Å². The van der Waals surface area contributed by atoms with Gasteiger partial charge in [-0.05, 0) is 97.7 Å². The summed E-state index contributed by atoms with van der Waals surface area (Å²) >= 11 is 0. The summed E-state index contributed by atoms with van der Waals surface area (Å²) in [7, 11) is -3.26. The van der Waals surface area contributed by atoms with Crippen molar-refractivity contribution in [2.45, 2.75) is 63.0 Å². The number of benzene rings is 3. The summed E-state index contributed by atoms with van der Waals surface area (Å²) in [6.07, 6.45) is 0.474. The molecule has 4 saturated carbocycles. The van der Waals surface area contributed by atoms with Gasteiger partial charge < -0.3 is 19.9 Å². The standard InChI is InChI=1S/C34H35F4NO7S/c1-47(43,44)11-10-46-33-16-21-12-22(17-33)15-32(14-21,19-33)29(31(41)42)39-30(40)27-8-4-23-13-25(35)7-9-26(23)28(27)45-18-20-2-5-24(6-3-20)34(36,37)38/h2-9,13,21-22,29H,10-12,14-19H2,1H3,(H,39,40)(H,41,42)/t21?,22?,29-,32?,33?/m1/s1. The highest BCUT2D eigenvalue weighted by Gasteiger charge is 2.62. The molecule has 4 bridgehead atoms. The maximum atomic E-state index is 14.1. The van der Waals surface area contributed by atoms with Gasteiger partial charge in [-0.2, -0.15) is 13.2 Å². The highest BCUT2D eigenvalue weighted by molar-refractivity contribution is 7.90. The van der Waals surface area contributed by atoms with Gasteiger partial charge in [0, 0.05) is 17.1 Å². The van der Waals surface area contributed by atoms with Crippen LogP contribution >= 0.6 is 0 Å². The van der Waals surface area contributed by atoms with Gasteiger partial charge in [0.15, 0.2) is 0 Å². The Kier molecular flexibility index (Phi) is 8.53. The van der Waals surface area contributed by atoms with Crippen molar-refractivity contribution in [1.29, 1.82) is 0 Å². The molecule has 13 heteroatoms. The molecule has 4 aliphatic rings. The van der Waals surface area contributed by atoms with Crippen LogP contribution in [-0.4, -0.2) is 55.7 Å². The molecule has 252 valence electrons. The van der Waals surface area contributed by atoms with Crippen LogP contribution < -0.4 is 10.1 Å². The molecule has 7 rings (SSSR count). The summed E-state index contributed by atoms with van der Waals surface area (Å²) in [4.78, 5) is 26.8. The Labute approximate surface area is 269 Å². The Morgan fingerprint density at radius 2 is 1.70 bits per heavy atom. The van der Waals surface area contributed by atoms with Gasteiger partial charge in [0.2, 0.25) is 0 Å². The number of fused-ring (bicyclic) bond motifs is 1. The molecular formula is C34H35F4NO7S. The highest BCUT2D eigenvalue weighted by atomic mass is 32.2. The number of halogens is 4. The van der Waals surface area contributed by atoms with Crippen molar-refractivity contribution in [2.24, 2.45) is 17.3 Å². The lowest BCUT2D eigenvalue weighted by molar-refractivity contribution is -0.201. The zero-order chi connectivity index (χ0) is 33.8. The molecule has 0 radical (unpaired) electrons. The Morgan fingerprint density at radius 3 is 2.32 bits per heavy atom. The third-order valence-electron chi connectivity index (χ3n) is 9.89. The number of carboxylic acids is 1. The molecule has 0 saturated heterocycles. The van der Waals surface area contributed by atoms with E-state index in [4.69, 9.17) is 9.47 Å². The number of nitrogens with one attached hydrogen (secondary N) is 1. The molecule has 0 spiro atoms. The average molecular weight is 678 g/mol. The monoisotopic (exact) mass is 677 g/mol. The van der Waals surface area contributed by atoms with Gasteiger partial charge in [-0.1, -0.05) is 18.2 Å². The molecule has 0 aromatic heterocycles. The maximum absolute atomic E-state index is 14.1. The number of ether oxygens (including phenoxy) is 2. The quantitative estimate of drug-likeness (QED) is 0.234. The Balaban J connectivity index is 1.28. The van der Waals surface area contributed by atoms with E-state index in [-0.39, 0.29) is 42.1 Å². The fourth-order valence-electron chi connectivity index (χ4n) is 8.40. The minimum Gasteiger partial charge on any atom is -0.487 e. The summed E-state index contributed by atoms with van der Waals surface area (Å²) in [5.74, 6) is -2.22. The lowest BCUT2D eigenvalue weighted by atomic mass is 9.46. The molecule has 3 aromatic rings. The fraction of sp³-hybridized carbons (Fsp3) is 0.471. The molecule has 0 aliphatic heterocycles. The van der Waals surface area contributed by atoms with Gasteiger partial charge in [0.1, 0.15) is 34.1 Å². The Hall–Kier alpha value is -3.71. The molecule has 3 aromatic carbocycles. The number of sulfone groups is 1. The molecular weight excluding hydrogens is 642 g/mol. The second-order valence-corrected chi connectivity index (χ2v) is 15.8.